The van der Waals surface area contributed by atoms with E-state index in [2.05, 4.69) is 10.4 Å². The SMILES string of the molecule is CCOC(=O)/C(NN)=C(/N)c1cc2ccc(C(F)(F)F)cc2cn1. The summed E-state index contributed by atoms with van der Waals surface area (Å²) in [6, 6.07) is 4.71. The molecule has 0 fully saturated rings. The molecule has 0 saturated heterocycles. The molecule has 24 heavy (non-hydrogen) atoms. The smallest absolute Gasteiger partial charge is 0.416 e. The van der Waals surface area contributed by atoms with Gasteiger partial charge in [0.1, 0.15) is 0 Å². The molecule has 1 heterocycles. The monoisotopic (exact) mass is 340 g/mol. The van der Waals surface area contributed by atoms with Crippen LogP contribution >= 0.6 is 0 Å². The minimum Gasteiger partial charge on any atom is -0.461 e. The van der Waals surface area contributed by atoms with E-state index in [0.717, 1.165) is 12.1 Å². The molecular weight excluding hydrogens is 325 g/mol. The normalized spacial score (nSPS) is 12.7. The molecule has 0 bridgehead atoms. The first-order valence-electron chi connectivity index (χ1n) is 6.88. The van der Waals surface area contributed by atoms with Crippen LogP contribution in [0, 0.1) is 0 Å². The number of pyridine rings is 1. The lowest BCUT2D eigenvalue weighted by Gasteiger charge is -2.11. The number of alkyl halides is 3. The summed E-state index contributed by atoms with van der Waals surface area (Å²) in [4.78, 5) is 15.7. The van der Waals surface area contributed by atoms with Gasteiger partial charge in [-0.1, -0.05) is 6.07 Å². The lowest BCUT2D eigenvalue weighted by molar-refractivity contribution is -0.139. The average molecular weight is 340 g/mol. The van der Waals surface area contributed by atoms with E-state index in [9.17, 15) is 18.0 Å². The molecule has 0 aliphatic carbocycles. The summed E-state index contributed by atoms with van der Waals surface area (Å²) in [6.45, 7) is 1.75. The zero-order valence-corrected chi connectivity index (χ0v) is 12.6. The summed E-state index contributed by atoms with van der Waals surface area (Å²) in [5.41, 5.74) is 7.17. The number of halogens is 3. The van der Waals surface area contributed by atoms with Crippen LogP contribution in [0.4, 0.5) is 13.2 Å². The minimum absolute atomic E-state index is 0.0715. The Morgan fingerprint density at radius 1 is 1.29 bits per heavy atom. The van der Waals surface area contributed by atoms with E-state index < -0.39 is 17.7 Å². The van der Waals surface area contributed by atoms with Gasteiger partial charge in [0, 0.05) is 11.6 Å². The van der Waals surface area contributed by atoms with Crippen molar-refractivity contribution in [1.29, 1.82) is 0 Å². The van der Waals surface area contributed by atoms with Gasteiger partial charge in [-0.2, -0.15) is 13.2 Å². The third kappa shape index (κ3) is 3.57. The third-order valence-corrected chi connectivity index (χ3v) is 3.22. The van der Waals surface area contributed by atoms with E-state index in [1.807, 2.05) is 0 Å². The molecule has 128 valence electrons. The molecule has 0 radical (unpaired) electrons. The number of rotatable bonds is 4. The van der Waals surface area contributed by atoms with Gasteiger partial charge in [-0.25, -0.2) is 4.79 Å². The summed E-state index contributed by atoms with van der Waals surface area (Å²) in [7, 11) is 0. The second-order valence-corrected chi connectivity index (χ2v) is 4.78. The Morgan fingerprint density at radius 3 is 2.58 bits per heavy atom. The summed E-state index contributed by atoms with van der Waals surface area (Å²) >= 11 is 0. The van der Waals surface area contributed by atoms with E-state index in [0.29, 0.717) is 10.8 Å². The maximum atomic E-state index is 12.7. The van der Waals surface area contributed by atoms with Gasteiger partial charge in [0.2, 0.25) is 0 Å². The van der Waals surface area contributed by atoms with Crippen molar-refractivity contribution >= 4 is 22.4 Å². The number of fused-ring (bicyclic) bond motifs is 1. The molecule has 2 rings (SSSR count). The highest BCUT2D eigenvalue weighted by molar-refractivity contribution is 5.96. The van der Waals surface area contributed by atoms with Gasteiger partial charge in [-0.15, -0.1) is 0 Å². The van der Waals surface area contributed by atoms with Crippen LogP contribution in [-0.2, 0) is 15.7 Å². The Labute approximate surface area is 135 Å². The number of esters is 1. The van der Waals surface area contributed by atoms with Gasteiger partial charge in [-0.3, -0.25) is 10.8 Å². The molecule has 0 aliphatic rings. The molecule has 2 aromatic rings. The topological polar surface area (TPSA) is 103 Å². The Morgan fingerprint density at radius 2 is 2.00 bits per heavy atom. The molecule has 0 saturated carbocycles. The second kappa shape index (κ2) is 6.75. The molecule has 0 unspecified atom stereocenters. The van der Waals surface area contributed by atoms with Crippen molar-refractivity contribution in [1.82, 2.24) is 10.4 Å². The van der Waals surface area contributed by atoms with E-state index >= 15 is 0 Å². The quantitative estimate of drug-likeness (QED) is 0.340. The van der Waals surface area contributed by atoms with Crippen molar-refractivity contribution < 1.29 is 22.7 Å². The molecular formula is C15H15F3N4O2. The number of hydrogen-bond acceptors (Lipinski definition) is 6. The number of carbonyl (C=O) groups is 1. The van der Waals surface area contributed by atoms with Crippen molar-refractivity contribution in [2.45, 2.75) is 13.1 Å². The number of hydrazine groups is 1. The average Bonchev–Trinajstić information content (AvgIpc) is 2.53. The molecule has 6 nitrogen and oxygen atoms in total. The van der Waals surface area contributed by atoms with Crippen LogP contribution in [0.15, 0.2) is 36.2 Å². The number of benzene rings is 1. The highest BCUT2D eigenvalue weighted by Crippen LogP contribution is 2.31. The highest BCUT2D eigenvalue weighted by Gasteiger charge is 2.30. The molecule has 0 aliphatic heterocycles. The summed E-state index contributed by atoms with van der Waals surface area (Å²) in [5.74, 6) is 4.52. The van der Waals surface area contributed by atoms with Crippen molar-refractivity contribution in [3.63, 3.8) is 0 Å². The number of nitrogens with zero attached hydrogens (tertiary/aromatic N) is 1. The molecule has 0 atom stereocenters. The number of nitrogens with two attached hydrogens (primary N) is 2. The fourth-order valence-corrected chi connectivity index (χ4v) is 2.04. The van der Waals surface area contributed by atoms with Crippen LogP contribution in [-0.4, -0.2) is 17.6 Å². The zero-order chi connectivity index (χ0) is 17.9. The number of aromatic nitrogens is 1. The van der Waals surface area contributed by atoms with Gasteiger partial charge < -0.3 is 15.9 Å². The van der Waals surface area contributed by atoms with Crippen molar-refractivity contribution in [2.75, 3.05) is 6.61 Å². The standard InChI is InChI=1S/C15H15F3N4O2/c1-2-24-14(23)13(22-20)12(19)11-6-8-3-4-10(15(16,17)18)5-9(8)7-21-11/h3-7,22H,2,19-20H2,1H3/b13-12-. The number of hydrogen-bond donors (Lipinski definition) is 3. The van der Waals surface area contributed by atoms with Crippen molar-refractivity contribution in [3.8, 4) is 0 Å². The predicted octanol–water partition coefficient (Wildman–Crippen LogP) is 1.91. The van der Waals surface area contributed by atoms with E-state index in [1.54, 1.807) is 6.92 Å². The number of nitrogens with one attached hydrogen (secondary N) is 1. The Kier molecular flexibility index (Phi) is 4.93. The fourth-order valence-electron chi connectivity index (χ4n) is 2.04. The summed E-state index contributed by atoms with van der Waals surface area (Å²) < 4.78 is 43.0. The van der Waals surface area contributed by atoms with Gasteiger partial charge in [-0.05, 0) is 30.5 Å². The Hall–Kier alpha value is -2.81. The van der Waals surface area contributed by atoms with Crippen molar-refractivity contribution in [3.05, 3.63) is 47.4 Å². The molecule has 0 spiro atoms. The van der Waals surface area contributed by atoms with E-state index in [-0.39, 0.29) is 23.7 Å². The van der Waals surface area contributed by atoms with Crippen LogP contribution < -0.4 is 17.0 Å². The third-order valence-electron chi connectivity index (χ3n) is 3.22. The Balaban J connectivity index is 2.48. The largest absolute Gasteiger partial charge is 0.461 e. The first-order valence-corrected chi connectivity index (χ1v) is 6.88. The predicted molar refractivity (Wildman–Crippen MR) is 81.8 cm³/mol. The molecule has 1 aromatic heterocycles. The first kappa shape index (κ1) is 17.5. The number of ether oxygens (including phenoxy) is 1. The maximum Gasteiger partial charge on any atom is 0.416 e. The molecule has 9 heteroatoms. The van der Waals surface area contributed by atoms with E-state index in [4.69, 9.17) is 16.3 Å². The van der Waals surface area contributed by atoms with Crippen LogP contribution in [0.25, 0.3) is 16.5 Å². The summed E-state index contributed by atoms with van der Waals surface area (Å²) in [5, 5.41) is 0.774. The van der Waals surface area contributed by atoms with Gasteiger partial charge in [0.25, 0.3) is 0 Å². The highest BCUT2D eigenvalue weighted by atomic mass is 19.4. The Bertz CT molecular complexity index is 803. The van der Waals surface area contributed by atoms with Crippen LogP contribution in [0.5, 0.6) is 0 Å². The van der Waals surface area contributed by atoms with Gasteiger partial charge in [0.15, 0.2) is 5.70 Å². The van der Waals surface area contributed by atoms with E-state index in [1.165, 1.54) is 18.3 Å². The number of carbonyl (C=O) groups excluding carboxylic acids is 1. The van der Waals surface area contributed by atoms with Crippen LogP contribution in [0.3, 0.4) is 0 Å². The van der Waals surface area contributed by atoms with Crippen LogP contribution in [0.1, 0.15) is 18.2 Å². The van der Waals surface area contributed by atoms with Crippen molar-refractivity contribution in [2.24, 2.45) is 11.6 Å². The lowest BCUT2D eigenvalue weighted by Crippen LogP contribution is -2.31. The zero-order valence-electron chi connectivity index (χ0n) is 12.6. The second-order valence-electron chi connectivity index (χ2n) is 4.78. The van der Waals surface area contributed by atoms with Crippen LogP contribution in [0.2, 0.25) is 0 Å². The van der Waals surface area contributed by atoms with Gasteiger partial charge in [0.05, 0.1) is 23.6 Å². The first-order chi connectivity index (χ1) is 11.3. The molecule has 0 amide bonds. The van der Waals surface area contributed by atoms with Gasteiger partial charge >= 0.3 is 12.1 Å². The maximum absolute atomic E-state index is 12.7. The minimum atomic E-state index is -4.44. The summed E-state index contributed by atoms with van der Waals surface area (Å²) in [6.07, 6.45) is -3.20. The lowest BCUT2D eigenvalue weighted by atomic mass is 10.1. The molecule has 5 N–H and O–H groups in total. The molecule has 1 aromatic carbocycles. The fraction of sp³-hybridized carbons (Fsp3) is 0.200.